The van der Waals surface area contributed by atoms with E-state index in [9.17, 15) is 9.90 Å². The fourth-order valence-electron chi connectivity index (χ4n) is 5.61. The predicted octanol–water partition coefficient (Wildman–Crippen LogP) is 6.58. The van der Waals surface area contributed by atoms with Gasteiger partial charge in [-0.15, -0.1) is 0 Å². The van der Waals surface area contributed by atoms with Gasteiger partial charge in [0, 0.05) is 28.9 Å². The molecule has 0 amide bonds. The maximum Gasteiger partial charge on any atom is 0.355 e. The number of fused-ring (bicyclic) bond motifs is 2. The van der Waals surface area contributed by atoms with Gasteiger partial charge in [0.1, 0.15) is 11.4 Å². The van der Waals surface area contributed by atoms with Crippen molar-refractivity contribution in [2.24, 2.45) is 7.05 Å². The van der Waals surface area contributed by atoms with E-state index in [4.69, 9.17) is 9.47 Å². The van der Waals surface area contributed by atoms with Crippen LogP contribution in [-0.2, 0) is 18.4 Å². The van der Waals surface area contributed by atoms with Crippen LogP contribution in [-0.4, -0.2) is 39.1 Å². The van der Waals surface area contributed by atoms with Gasteiger partial charge in [-0.25, -0.2) is 4.79 Å². The van der Waals surface area contributed by atoms with E-state index in [1.165, 1.54) is 0 Å². The Morgan fingerprint density at radius 3 is 2.59 bits per heavy atom. The first-order valence-electron chi connectivity index (χ1n) is 13.4. The molecule has 0 fully saturated rings. The molecule has 202 valence electrons. The summed E-state index contributed by atoms with van der Waals surface area (Å²) in [7, 11) is 1.83. The number of nitrogens with one attached hydrogen (secondary N) is 1. The summed E-state index contributed by atoms with van der Waals surface area (Å²) in [5.41, 5.74) is 6.64. The number of nitrogens with zero attached hydrogens (tertiary/aromatic N) is 2. The highest BCUT2D eigenvalue weighted by molar-refractivity contribution is 6.05. The van der Waals surface area contributed by atoms with E-state index in [0.29, 0.717) is 18.7 Å². The molecule has 0 saturated heterocycles. The Balaban J connectivity index is 1.55. The van der Waals surface area contributed by atoms with Gasteiger partial charge in [0.2, 0.25) is 0 Å². The predicted molar refractivity (Wildman–Crippen MR) is 154 cm³/mol. The first-order chi connectivity index (χ1) is 18.8. The van der Waals surface area contributed by atoms with Gasteiger partial charge in [-0.05, 0) is 55.7 Å². The molecular formula is C32H35N3O4. The van der Waals surface area contributed by atoms with Gasteiger partial charge in [0.05, 0.1) is 36.7 Å². The number of carbonyl (C=O) groups excluding carboxylic acids is 1. The van der Waals surface area contributed by atoms with Gasteiger partial charge in [-0.1, -0.05) is 55.5 Å². The van der Waals surface area contributed by atoms with Crippen LogP contribution in [0.15, 0.2) is 54.6 Å². The summed E-state index contributed by atoms with van der Waals surface area (Å²) in [5.74, 6) is 0.488. The van der Waals surface area contributed by atoms with Crippen molar-refractivity contribution in [3.63, 3.8) is 0 Å². The second kappa shape index (κ2) is 10.9. The number of aryl methyl sites for hydroxylation is 3. The summed E-state index contributed by atoms with van der Waals surface area (Å²) in [6.45, 7) is 8.55. The van der Waals surface area contributed by atoms with Crippen LogP contribution in [0.2, 0.25) is 0 Å². The van der Waals surface area contributed by atoms with Crippen molar-refractivity contribution in [2.75, 3.05) is 13.2 Å². The van der Waals surface area contributed by atoms with Crippen LogP contribution >= 0.6 is 0 Å². The third-order valence-electron chi connectivity index (χ3n) is 7.49. The van der Waals surface area contributed by atoms with E-state index >= 15 is 0 Å². The number of aliphatic hydroxyl groups excluding tert-OH is 1. The standard InChI is InChI=1S/C32H35N3O4/c1-6-38-32(37)31-27(20(3)16-17-39-26-13-9-11-22-10-7-8-12-23(22)26)24-15-14-19(2)28(30(24)33-31)29-21(4)34-35(5)25(29)18-36/h7-15,20,33,36H,6,16-18H2,1-5H3/t20-/m1/s1. The van der Waals surface area contributed by atoms with E-state index in [2.05, 4.69) is 47.3 Å². The molecule has 39 heavy (non-hydrogen) atoms. The highest BCUT2D eigenvalue weighted by atomic mass is 16.5. The van der Waals surface area contributed by atoms with Crippen molar-refractivity contribution in [2.45, 2.75) is 46.6 Å². The Morgan fingerprint density at radius 1 is 1.05 bits per heavy atom. The van der Waals surface area contributed by atoms with Crippen LogP contribution in [0.5, 0.6) is 5.75 Å². The molecule has 5 rings (SSSR count). The fraction of sp³-hybridized carbons (Fsp3) is 0.312. The summed E-state index contributed by atoms with van der Waals surface area (Å²) < 4.78 is 13.4. The number of carbonyl (C=O) groups is 1. The monoisotopic (exact) mass is 525 g/mol. The van der Waals surface area contributed by atoms with Gasteiger partial charge >= 0.3 is 5.97 Å². The maximum atomic E-state index is 13.2. The zero-order valence-electron chi connectivity index (χ0n) is 23.2. The van der Waals surface area contributed by atoms with Gasteiger partial charge in [0.25, 0.3) is 0 Å². The van der Waals surface area contributed by atoms with Crippen molar-refractivity contribution in [1.82, 2.24) is 14.8 Å². The van der Waals surface area contributed by atoms with E-state index in [0.717, 1.165) is 61.1 Å². The molecule has 3 aromatic carbocycles. The highest BCUT2D eigenvalue weighted by Crippen LogP contribution is 2.40. The largest absolute Gasteiger partial charge is 0.493 e. The number of ether oxygens (including phenoxy) is 2. The Hall–Kier alpha value is -4.10. The number of aromatic amines is 1. The SMILES string of the molecule is CCOC(=O)c1[nH]c2c(-c3c(C)nn(C)c3CO)c(C)ccc2c1[C@H](C)CCOc1cccc2ccccc12. The van der Waals surface area contributed by atoms with Gasteiger partial charge in [-0.2, -0.15) is 5.10 Å². The minimum atomic E-state index is -0.376. The average Bonchev–Trinajstić information content (AvgIpc) is 3.45. The lowest BCUT2D eigenvalue weighted by atomic mass is 9.91. The Kier molecular flexibility index (Phi) is 7.44. The summed E-state index contributed by atoms with van der Waals surface area (Å²) in [5, 5.41) is 17.9. The number of aromatic nitrogens is 3. The molecule has 0 unspecified atom stereocenters. The Bertz CT molecular complexity index is 1660. The highest BCUT2D eigenvalue weighted by Gasteiger charge is 2.27. The van der Waals surface area contributed by atoms with Crippen LogP contribution in [0, 0.1) is 13.8 Å². The third-order valence-corrected chi connectivity index (χ3v) is 7.49. The molecule has 2 heterocycles. The normalized spacial score (nSPS) is 12.3. The molecule has 2 N–H and O–H groups in total. The number of aliphatic hydroxyl groups is 1. The second-order valence-corrected chi connectivity index (χ2v) is 10.0. The lowest BCUT2D eigenvalue weighted by Gasteiger charge is -2.15. The zero-order valence-corrected chi connectivity index (χ0v) is 23.2. The van der Waals surface area contributed by atoms with Crippen molar-refractivity contribution >= 4 is 27.6 Å². The molecule has 0 aliphatic carbocycles. The van der Waals surface area contributed by atoms with Crippen molar-refractivity contribution in [3.8, 4) is 16.9 Å². The third kappa shape index (κ3) is 4.79. The minimum Gasteiger partial charge on any atom is -0.493 e. The molecule has 0 bridgehead atoms. The van der Waals surface area contributed by atoms with Gasteiger partial charge in [0.15, 0.2) is 0 Å². The molecule has 0 aliphatic rings. The fourth-order valence-corrected chi connectivity index (χ4v) is 5.61. The second-order valence-electron chi connectivity index (χ2n) is 10.0. The molecular weight excluding hydrogens is 490 g/mol. The number of hydrogen-bond acceptors (Lipinski definition) is 5. The first kappa shape index (κ1) is 26.5. The summed E-state index contributed by atoms with van der Waals surface area (Å²) in [6.07, 6.45) is 0.708. The molecule has 1 atom stereocenters. The lowest BCUT2D eigenvalue weighted by molar-refractivity contribution is 0.0518. The Morgan fingerprint density at radius 2 is 1.82 bits per heavy atom. The number of benzene rings is 3. The van der Waals surface area contributed by atoms with Crippen LogP contribution in [0.1, 0.15) is 59.2 Å². The average molecular weight is 526 g/mol. The molecule has 2 aromatic heterocycles. The first-order valence-corrected chi connectivity index (χ1v) is 13.4. The van der Waals surface area contributed by atoms with Gasteiger partial charge in [-0.3, -0.25) is 4.68 Å². The molecule has 5 aromatic rings. The quantitative estimate of drug-likeness (QED) is 0.212. The molecule has 7 nitrogen and oxygen atoms in total. The summed E-state index contributed by atoms with van der Waals surface area (Å²) >= 11 is 0. The van der Waals surface area contributed by atoms with Crippen LogP contribution in [0.25, 0.3) is 32.8 Å². The van der Waals surface area contributed by atoms with Gasteiger partial charge < -0.3 is 19.6 Å². The maximum absolute atomic E-state index is 13.2. The number of esters is 1. The van der Waals surface area contributed by atoms with Crippen molar-refractivity contribution in [3.05, 3.63) is 82.8 Å². The summed E-state index contributed by atoms with van der Waals surface area (Å²) in [4.78, 5) is 16.6. The Labute approximate surface area is 228 Å². The molecule has 7 heteroatoms. The lowest BCUT2D eigenvalue weighted by Crippen LogP contribution is -2.11. The van der Waals surface area contributed by atoms with Crippen LogP contribution < -0.4 is 4.74 Å². The van der Waals surface area contributed by atoms with Crippen molar-refractivity contribution in [1.29, 1.82) is 0 Å². The smallest absolute Gasteiger partial charge is 0.355 e. The van der Waals surface area contributed by atoms with E-state index < -0.39 is 0 Å². The summed E-state index contributed by atoms with van der Waals surface area (Å²) in [6, 6.07) is 18.4. The van der Waals surface area contributed by atoms with Crippen LogP contribution in [0.3, 0.4) is 0 Å². The minimum absolute atomic E-state index is 0.0102. The van der Waals surface area contributed by atoms with Crippen LogP contribution in [0.4, 0.5) is 0 Å². The molecule has 0 radical (unpaired) electrons. The number of hydrogen-bond donors (Lipinski definition) is 2. The van der Waals surface area contributed by atoms with E-state index in [1.54, 1.807) is 4.68 Å². The molecule has 0 aliphatic heterocycles. The van der Waals surface area contributed by atoms with E-state index in [1.807, 2.05) is 52.1 Å². The van der Waals surface area contributed by atoms with E-state index in [-0.39, 0.29) is 25.1 Å². The number of H-pyrrole nitrogens is 1. The zero-order chi connectivity index (χ0) is 27.7. The number of rotatable bonds is 9. The molecule has 0 spiro atoms. The van der Waals surface area contributed by atoms with Crippen molar-refractivity contribution < 1.29 is 19.4 Å². The topological polar surface area (TPSA) is 89.4 Å². The molecule has 0 saturated carbocycles.